The SMILES string of the molecule is C1=CC(N(c2ccccc2)c2ccc3c(c2)-c2ccccc2C32c3ccccc3Oc3ccc(-c4ccccc4)cc32)=C(c2ccccc2)CC1. The van der Waals surface area contributed by atoms with Gasteiger partial charge in [-0.2, -0.15) is 0 Å². The zero-order valence-electron chi connectivity index (χ0n) is 28.2. The predicted molar refractivity (Wildman–Crippen MR) is 210 cm³/mol. The van der Waals surface area contributed by atoms with Crippen LogP contribution in [0.5, 0.6) is 11.5 Å². The number of hydrogen-bond donors (Lipinski definition) is 0. The molecule has 1 spiro atoms. The summed E-state index contributed by atoms with van der Waals surface area (Å²) in [7, 11) is 0. The highest BCUT2D eigenvalue weighted by molar-refractivity contribution is 5.92. The Labute approximate surface area is 299 Å². The molecule has 242 valence electrons. The van der Waals surface area contributed by atoms with Crippen molar-refractivity contribution >= 4 is 16.9 Å². The second kappa shape index (κ2) is 11.9. The number of nitrogens with zero attached hydrogens (tertiary/aromatic N) is 1. The molecule has 2 aliphatic carbocycles. The van der Waals surface area contributed by atoms with Gasteiger partial charge in [0.25, 0.3) is 0 Å². The molecule has 0 fully saturated rings. The van der Waals surface area contributed by atoms with Crippen LogP contribution in [0, 0.1) is 0 Å². The van der Waals surface area contributed by atoms with Crippen molar-refractivity contribution in [1.29, 1.82) is 0 Å². The summed E-state index contributed by atoms with van der Waals surface area (Å²) in [5, 5.41) is 0. The lowest BCUT2D eigenvalue weighted by molar-refractivity contribution is 0.436. The quantitative estimate of drug-likeness (QED) is 0.183. The number of rotatable bonds is 5. The molecule has 0 radical (unpaired) electrons. The minimum absolute atomic E-state index is 0.545. The zero-order chi connectivity index (χ0) is 33.8. The smallest absolute Gasteiger partial charge is 0.132 e. The molecule has 0 aromatic heterocycles. The van der Waals surface area contributed by atoms with Crippen molar-refractivity contribution < 1.29 is 4.74 Å². The Morgan fingerprint density at radius 3 is 1.90 bits per heavy atom. The fourth-order valence-electron chi connectivity index (χ4n) is 8.64. The maximum Gasteiger partial charge on any atom is 0.132 e. The largest absolute Gasteiger partial charge is 0.457 e. The molecule has 1 heterocycles. The van der Waals surface area contributed by atoms with Crippen molar-refractivity contribution in [1.82, 2.24) is 0 Å². The summed E-state index contributed by atoms with van der Waals surface area (Å²) in [6.07, 6.45) is 6.66. The lowest BCUT2D eigenvalue weighted by Gasteiger charge is -2.39. The predicted octanol–water partition coefficient (Wildman–Crippen LogP) is 12.7. The van der Waals surface area contributed by atoms with Crippen molar-refractivity contribution in [3.05, 3.63) is 222 Å². The summed E-state index contributed by atoms with van der Waals surface area (Å²) in [4.78, 5) is 2.45. The average Bonchev–Trinajstić information content (AvgIpc) is 3.49. The molecule has 1 unspecified atom stereocenters. The summed E-state index contributed by atoms with van der Waals surface area (Å²) >= 11 is 0. The number of allylic oxidation sites excluding steroid dienone is 3. The van der Waals surface area contributed by atoms with E-state index in [2.05, 4.69) is 193 Å². The Morgan fingerprint density at radius 1 is 0.451 bits per heavy atom. The minimum Gasteiger partial charge on any atom is -0.457 e. The molecular formula is C49H35NO. The first-order chi connectivity index (χ1) is 25.3. The average molecular weight is 654 g/mol. The molecule has 0 amide bonds. The Kier molecular flexibility index (Phi) is 6.89. The van der Waals surface area contributed by atoms with E-state index in [-0.39, 0.29) is 0 Å². The van der Waals surface area contributed by atoms with Gasteiger partial charge in [0.2, 0.25) is 0 Å². The van der Waals surface area contributed by atoms with E-state index in [0.717, 1.165) is 35.7 Å². The third-order valence-electron chi connectivity index (χ3n) is 10.8. The van der Waals surface area contributed by atoms with E-state index in [0.29, 0.717) is 0 Å². The lowest BCUT2D eigenvalue weighted by Crippen LogP contribution is -2.32. The molecule has 7 aromatic rings. The van der Waals surface area contributed by atoms with Crippen molar-refractivity contribution in [2.75, 3.05) is 4.90 Å². The highest BCUT2D eigenvalue weighted by Crippen LogP contribution is 2.63. The summed E-state index contributed by atoms with van der Waals surface area (Å²) in [6, 6.07) is 63.8. The molecule has 10 rings (SSSR count). The van der Waals surface area contributed by atoms with Crippen molar-refractivity contribution in [3.63, 3.8) is 0 Å². The fourth-order valence-corrected chi connectivity index (χ4v) is 8.64. The van der Waals surface area contributed by atoms with Crippen LogP contribution in [0.25, 0.3) is 27.8 Å². The standard InChI is InChI=1S/C49H35NO/c1-4-16-34(17-5-1)36-28-31-48-45(32-36)49(44-25-13-15-27-47(44)51-48)42-24-12-10-23-40(42)41-33-38(29-30-43(41)49)50(37-20-8-3-9-21-37)46-26-14-11-22-39(46)35-18-6-2-7-19-35/h1-10,12-21,23-33H,11,22H2. The molecule has 0 saturated carbocycles. The highest BCUT2D eigenvalue weighted by Gasteiger charge is 2.51. The van der Waals surface area contributed by atoms with Crippen LogP contribution in [-0.4, -0.2) is 0 Å². The number of fused-ring (bicyclic) bond motifs is 9. The second-order valence-electron chi connectivity index (χ2n) is 13.5. The van der Waals surface area contributed by atoms with E-state index in [1.807, 2.05) is 0 Å². The van der Waals surface area contributed by atoms with E-state index < -0.39 is 5.41 Å². The van der Waals surface area contributed by atoms with Crippen molar-refractivity contribution in [2.45, 2.75) is 18.3 Å². The second-order valence-corrected chi connectivity index (χ2v) is 13.5. The first kappa shape index (κ1) is 29.5. The van der Waals surface area contributed by atoms with E-state index in [9.17, 15) is 0 Å². The third-order valence-corrected chi connectivity index (χ3v) is 10.8. The van der Waals surface area contributed by atoms with Gasteiger partial charge in [0.1, 0.15) is 11.5 Å². The van der Waals surface area contributed by atoms with Crippen LogP contribution in [0.4, 0.5) is 11.4 Å². The first-order valence-corrected chi connectivity index (χ1v) is 17.8. The molecular weight excluding hydrogens is 619 g/mol. The summed E-state index contributed by atoms with van der Waals surface area (Å²) in [5.74, 6) is 1.80. The van der Waals surface area contributed by atoms with Crippen LogP contribution in [0.2, 0.25) is 0 Å². The maximum absolute atomic E-state index is 6.72. The first-order valence-electron chi connectivity index (χ1n) is 17.8. The van der Waals surface area contributed by atoms with E-state index >= 15 is 0 Å². The summed E-state index contributed by atoms with van der Waals surface area (Å²) < 4.78 is 6.72. The van der Waals surface area contributed by atoms with Gasteiger partial charge in [0.15, 0.2) is 0 Å². The van der Waals surface area contributed by atoms with Crippen LogP contribution in [-0.2, 0) is 5.41 Å². The number of benzene rings is 7. The molecule has 2 heteroatoms. The number of anilines is 2. The van der Waals surface area contributed by atoms with Gasteiger partial charge in [-0.1, -0.05) is 140 Å². The van der Waals surface area contributed by atoms with Gasteiger partial charge >= 0.3 is 0 Å². The van der Waals surface area contributed by atoms with Gasteiger partial charge in [0, 0.05) is 28.2 Å². The molecule has 0 bridgehead atoms. The van der Waals surface area contributed by atoms with Crippen LogP contribution in [0.15, 0.2) is 194 Å². The highest BCUT2D eigenvalue weighted by atomic mass is 16.5. The molecule has 51 heavy (non-hydrogen) atoms. The summed E-state index contributed by atoms with van der Waals surface area (Å²) in [5.41, 5.74) is 15.4. The third kappa shape index (κ3) is 4.57. The van der Waals surface area contributed by atoms with Crippen molar-refractivity contribution in [2.24, 2.45) is 0 Å². The number of ether oxygens (including phenoxy) is 1. The van der Waals surface area contributed by atoms with Gasteiger partial charge < -0.3 is 9.64 Å². The Balaban J connectivity index is 1.24. The summed E-state index contributed by atoms with van der Waals surface area (Å²) in [6.45, 7) is 0. The molecule has 1 atom stereocenters. The van der Waals surface area contributed by atoms with E-state index in [4.69, 9.17) is 4.74 Å². The monoisotopic (exact) mass is 653 g/mol. The van der Waals surface area contributed by atoms with Gasteiger partial charge in [-0.15, -0.1) is 0 Å². The van der Waals surface area contributed by atoms with Crippen LogP contribution in [0.1, 0.15) is 40.7 Å². The van der Waals surface area contributed by atoms with E-state index in [1.54, 1.807) is 0 Å². The molecule has 2 nitrogen and oxygen atoms in total. The Bertz CT molecular complexity index is 2500. The topological polar surface area (TPSA) is 12.5 Å². The van der Waals surface area contributed by atoms with Crippen molar-refractivity contribution in [3.8, 4) is 33.8 Å². The van der Waals surface area contributed by atoms with Gasteiger partial charge in [-0.3, -0.25) is 0 Å². The van der Waals surface area contributed by atoms with Crippen LogP contribution < -0.4 is 9.64 Å². The van der Waals surface area contributed by atoms with Crippen LogP contribution >= 0.6 is 0 Å². The number of para-hydroxylation sites is 2. The Morgan fingerprint density at radius 2 is 1.10 bits per heavy atom. The minimum atomic E-state index is -0.545. The molecule has 7 aromatic carbocycles. The van der Waals surface area contributed by atoms with Gasteiger partial charge in [-0.05, 0) is 106 Å². The molecule has 3 aliphatic rings. The fraction of sp³-hybridized carbons (Fsp3) is 0.0612. The van der Waals surface area contributed by atoms with Gasteiger partial charge in [-0.25, -0.2) is 0 Å². The van der Waals surface area contributed by atoms with Crippen LogP contribution in [0.3, 0.4) is 0 Å². The van der Waals surface area contributed by atoms with Gasteiger partial charge in [0.05, 0.1) is 5.41 Å². The maximum atomic E-state index is 6.72. The molecule has 1 aliphatic heterocycles. The molecule has 0 saturated heterocycles. The normalized spacial score (nSPS) is 16.5. The van der Waals surface area contributed by atoms with E-state index in [1.165, 1.54) is 61.3 Å². The Hall–Kier alpha value is -6.38. The molecule has 0 N–H and O–H groups in total. The lowest BCUT2D eigenvalue weighted by atomic mass is 9.65. The zero-order valence-corrected chi connectivity index (χ0v) is 28.2. The number of hydrogen-bond acceptors (Lipinski definition) is 2.